The van der Waals surface area contributed by atoms with E-state index in [1.807, 2.05) is 36.8 Å². The quantitative estimate of drug-likeness (QED) is 0.312. The van der Waals surface area contributed by atoms with Gasteiger partial charge in [-0.15, -0.1) is 0 Å². The van der Waals surface area contributed by atoms with E-state index < -0.39 is 0 Å². The number of nitrogens with zero attached hydrogens (tertiary/aromatic N) is 2. The van der Waals surface area contributed by atoms with Crippen LogP contribution in [0.25, 0.3) is 44.3 Å². The second-order valence-corrected chi connectivity index (χ2v) is 8.15. The molecule has 0 saturated carbocycles. The molecule has 0 unspecified atom stereocenters. The van der Waals surface area contributed by atoms with Gasteiger partial charge < -0.3 is 0 Å². The van der Waals surface area contributed by atoms with Gasteiger partial charge in [0.15, 0.2) is 0 Å². The molecule has 3 aromatic carbocycles. The van der Waals surface area contributed by atoms with Crippen molar-refractivity contribution in [3.63, 3.8) is 0 Å². The first kappa shape index (κ1) is 19.2. The van der Waals surface area contributed by atoms with Gasteiger partial charge in [0.05, 0.1) is 5.69 Å². The summed E-state index contributed by atoms with van der Waals surface area (Å²) in [5.74, 6) is 0. The van der Waals surface area contributed by atoms with Gasteiger partial charge in [0.2, 0.25) is 0 Å². The summed E-state index contributed by atoms with van der Waals surface area (Å²) in [5, 5.41) is 2.39. The highest BCUT2D eigenvalue weighted by molar-refractivity contribution is 6.05. The maximum atomic E-state index is 4.51. The maximum absolute atomic E-state index is 4.51. The number of rotatable bonds is 3. The van der Waals surface area contributed by atoms with Crippen molar-refractivity contribution in [3.8, 4) is 33.5 Å². The van der Waals surface area contributed by atoms with E-state index in [0.717, 1.165) is 16.6 Å². The van der Waals surface area contributed by atoms with E-state index in [-0.39, 0.29) is 0 Å². The van der Waals surface area contributed by atoms with Gasteiger partial charge >= 0.3 is 0 Å². The van der Waals surface area contributed by atoms with Crippen LogP contribution in [0.3, 0.4) is 0 Å². The summed E-state index contributed by atoms with van der Waals surface area (Å²) < 4.78 is 0. The van der Waals surface area contributed by atoms with E-state index in [0.29, 0.717) is 0 Å². The van der Waals surface area contributed by atoms with E-state index in [1.54, 1.807) is 0 Å². The van der Waals surface area contributed by atoms with Gasteiger partial charge in [0.25, 0.3) is 0 Å². The molecule has 0 fully saturated rings. The number of hydrogen-bond acceptors (Lipinski definition) is 2. The molecule has 5 rings (SSSR count). The van der Waals surface area contributed by atoms with Crippen molar-refractivity contribution in [2.45, 2.75) is 20.8 Å². The normalized spacial score (nSPS) is 11.1. The molecule has 2 heterocycles. The Morgan fingerprint density at radius 2 is 1.39 bits per heavy atom. The highest BCUT2D eigenvalue weighted by atomic mass is 14.7. The average Bonchev–Trinajstić information content (AvgIpc) is 2.79. The Balaban J connectivity index is 1.71. The molecule has 0 saturated heterocycles. The summed E-state index contributed by atoms with van der Waals surface area (Å²) in [6.45, 7) is 6.56. The Bertz CT molecular complexity index is 1380. The third-order valence-corrected chi connectivity index (χ3v) is 5.90. The lowest BCUT2D eigenvalue weighted by Crippen LogP contribution is -1.93. The molecule has 0 atom stereocenters. The van der Waals surface area contributed by atoms with E-state index in [1.165, 1.54) is 44.3 Å². The van der Waals surface area contributed by atoms with Gasteiger partial charge in [-0.1, -0.05) is 54.1 Å². The maximum Gasteiger partial charge on any atom is 0.0702 e. The molecule has 0 aliphatic heterocycles. The SMILES string of the molecule is Cc1cc(C)c(-c2ccc(-c3cccc(-c4ccccn4)c3)c3cnccc23)c(C)c1. The van der Waals surface area contributed by atoms with Gasteiger partial charge in [-0.3, -0.25) is 9.97 Å². The minimum atomic E-state index is 0.981. The Kier molecular flexibility index (Phi) is 4.83. The van der Waals surface area contributed by atoms with E-state index >= 15 is 0 Å². The van der Waals surface area contributed by atoms with Crippen molar-refractivity contribution in [1.82, 2.24) is 9.97 Å². The first-order valence-electron chi connectivity index (χ1n) is 10.6. The minimum absolute atomic E-state index is 0.981. The van der Waals surface area contributed by atoms with Crippen LogP contribution in [0.5, 0.6) is 0 Å². The van der Waals surface area contributed by atoms with Crippen LogP contribution in [0.2, 0.25) is 0 Å². The molecular weight excluding hydrogens is 376 g/mol. The van der Waals surface area contributed by atoms with E-state index in [9.17, 15) is 0 Å². The summed E-state index contributed by atoms with van der Waals surface area (Å²) in [7, 11) is 0. The minimum Gasteiger partial charge on any atom is -0.264 e. The summed E-state index contributed by atoms with van der Waals surface area (Å²) in [6, 6.07) is 25.8. The number of pyridine rings is 2. The summed E-state index contributed by atoms with van der Waals surface area (Å²) in [4.78, 5) is 8.98. The molecule has 0 amide bonds. The highest BCUT2D eigenvalue weighted by Crippen LogP contribution is 2.38. The molecule has 0 aliphatic rings. The first-order valence-corrected chi connectivity index (χ1v) is 10.6. The van der Waals surface area contributed by atoms with Crippen molar-refractivity contribution in [1.29, 1.82) is 0 Å². The van der Waals surface area contributed by atoms with Gasteiger partial charge in [0, 0.05) is 29.5 Å². The molecule has 0 N–H and O–H groups in total. The van der Waals surface area contributed by atoms with Crippen molar-refractivity contribution in [2.24, 2.45) is 0 Å². The zero-order chi connectivity index (χ0) is 21.4. The number of fused-ring (bicyclic) bond motifs is 1. The van der Waals surface area contributed by atoms with Crippen LogP contribution in [-0.4, -0.2) is 9.97 Å². The molecule has 2 heteroatoms. The number of benzene rings is 3. The molecule has 150 valence electrons. The summed E-state index contributed by atoms with van der Waals surface area (Å²) in [6.07, 6.45) is 5.71. The number of hydrogen-bond donors (Lipinski definition) is 0. The lowest BCUT2D eigenvalue weighted by atomic mass is 9.88. The fraction of sp³-hybridized carbons (Fsp3) is 0.103. The topological polar surface area (TPSA) is 25.8 Å². The number of aryl methyl sites for hydroxylation is 3. The van der Waals surface area contributed by atoms with Crippen LogP contribution in [0, 0.1) is 20.8 Å². The van der Waals surface area contributed by atoms with Crippen molar-refractivity contribution < 1.29 is 0 Å². The number of aromatic nitrogens is 2. The smallest absolute Gasteiger partial charge is 0.0702 e. The van der Waals surface area contributed by atoms with E-state index in [4.69, 9.17) is 0 Å². The molecule has 0 bridgehead atoms. The fourth-order valence-corrected chi connectivity index (χ4v) is 4.64. The summed E-state index contributed by atoms with van der Waals surface area (Å²) in [5.41, 5.74) is 10.9. The van der Waals surface area contributed by atoms with Gasteiger partial charge in [-0.05, 0) is 83.8 Å². The molecule has 2 aromatic heterocycles. The molecule has 5 aromatic rings. The first-order chi connectivity index (χ1) is 15.1. The Morgan fingerprint density at radius 1 is 0.613 bits per heavy atom. The predicted molar refractivity (Wildman–Crippen MR) is 130 cm³/mol. The third-order valence-electron chi connectivity index (χ3n) is 5.90. The molecular formula is C29H24N2. The molecule has 0 radical (unpaired) electrons. The predicted octanol–water partition coefficient (Wildman–Crippen LogP) is 7.56. The molecule has 31 heavy (non-hydrogen) atoms. The van der Waals surface area contributed by atoms with Crippen LogP contribution in [-0.2, 0) is 0 Å². The largest absolute Gasteiger partial charge is 0.264 e. The van der Waals surface area contributed by atoms with E-state index in [2.05, 4.69) is 85.3 Å². The molecule has 2 nitrogen and oxygen atoms in total. The van der Waals surface area contributed by atoms with Gasteiger partial charge in [-0.25, -0.2) is 0 Å². The fourth-order valence-electron chi connectivity index (χ4n) is 4.64. The van der Waals surface area contributed by atoms with Crippen molar-refractivity contribution in [2.75, 3.05) is 0 Å². The van der Waals surface area contributed by atoms with Crippen molar-refractivity contribution in [3.05, 3.63) is 108 Å². The van der Waals surface area contributed by atoms with Crippen molar-refractivity contribution >= 4 is 10.8 Å². The van der Waals surface area contributed by atoms with Crippen LogP contribution in [0.15, 0.2) is 91.4 Å². The van der Waals surface area contributed by atoms with Crippen LogP contribution in [0.1, 0.15) is 16.7 Å². The molecule has 0 aliphatic carbocycles. The van der Waals surface area contributed by atoms with Gasteiger partial charge in [0.1, 0.15) is 0 Å². The Morgan fingerprint density at radius 3 is 2.16 bits per heavy atom. The lowest BCUT2D eigenvalue weighted by molar-refractivity contribution is 1.32. The third kappa shape index (κ3) is 3.51. The zero-order valence-electron chi connectivity index (χ0n) is 18.1. The van der Waals surface area contributed by atoms with Gasteiger partial charge in [-0.2, -0.15) is 0 Å². The van der Waals surface area contributed by atoms with Crippen LogP contribution < -0.4 is 0 Å². The average molecular weight is 401 g/mol. The summed E-state index contributed by atoms with van der Waals surface area (Å²) >= 11 is 0. The lowest BCUT2D eigenvalue weighted by Gasteiger charge is -2.16. The second kappa shape index (κ2) is 7.81. The zero-order valence-corrected chi connectivity index (χ0v) is 18.1. The van der Waals surface area contributed by atoms with Crippen LogP contribution >= 0.6 is 0 Å². The Labute approximate surface area is 183 Å². The standard InChI is InChI=1S/C29H24N2/c1-19-15-20(2)29(21(3)16-19)26-11-10-24(27-18-30-14-12-25(26)27)22-7-6-8-23(17-22)28-9-4-5-13-31-28/h4-18H,1-3H3. The molecule has 0 spiro atoms. The highest BCUT2D eigenvalue weighted by Gasteiger charge is 2.14. The Hall–Kier alpha value is -3.78. The second-order valence-electron chi connectivity index (χ2n) is 8.15. The monoisotopic (exact) mass is 400 g/mol. The van der Waals surface area contributed by atoms with Crippen LogP contribution in [0.4, 0.5) is 0 Å².